The van der Waals surface area contributed by atoms with Gasteiger partial charge in [-0.05, 0) is 25.6 Å². The predicted molar refractivity (Wildman–Crippen MR) is 70.6 cm³/mol. The van der Waals surface area contributed by atoms with Crippen LogP contribution in [0.4, 0.5) is 0 Å². The van der Waals surface area contributed by atoms with Gasteiger partial charge in [0.05, 0.1) is 0 Å². The number of likely N-dealkylation sites (N-methyl/N-ethyl adjacent to an activating group) is 1. The van der Waals surface area contributed by atoms with Gasteiger partial charge in [0.2, 0.25) is 0 Å². The molecule has 0 aliphatic carbocycles. The van der Waals surface area contributed by atoms with E-state index in [0.29, 0.717) is 17.5 Å². The molecule has 0 aromatic heterocycles. The van der Waals surface area contributed by atoms with Crippen molar-refractivity contribution in [3.63, 3.8) is 0 Å². The van der Waals surface area contributed by atoms with Crippen molar-refractivity contribution < 1.29 is 0 Å². The maximum atomic E-state index is 3.50. The summed E-state index contributed by atoms with van der Waals surface area (Å²) >= 11 is 1.99. The minimum Gasteiger partial charge on any atom is -0.314 e. The van der Waals surface area contributed by atoms with Crippen molar-refractivity contribution in [3.8, 4) is 0 Å². The Bertz CT molecular complexity index is 200. The maximum absolute atomic E-state index is 3.50. The highest BCUT2D eigenvalue weighted by molar-refractivity contribution is 7.99. The van der Waals surface area contributed by atoms with Gasteiger partial charge in [0.25, 0.3) is 0 Å². The van der Waals surface area contributed by atoms with E-state index in [2.05, 4.69) is 51.2 Å². The van der Waals surface area contributed by atoms with E-state index < -0.39 is 0 Å². The quantitative estimate of drug-likeness (QED) is 0.799. The van der Waals surface area contributed by atoms with Crippen molar-refractivity contribution in [2.75, 3.05) is 26.4 Å². The van der Waals surface area contributed by atoms with Gasteiger partial charge >= 0.3 is 0 Å². The highest BCUT2D eigenvalue weighted by Gasteiger charge is 2.35. The number of hydrogen-bond acceptors (Lipinski definition) is 3. The fraction of sp³-hybridized carbons (Fsp3) is 1.00. The highest BCUT2D eigenvalue weighted by atomic mass is 32.2. The van der Waals surface area contributed by atoms with Crippen LogP contribution in [0.15, 0.2) is 0 Å². The van der Waals surface area contributed by atoms with E-state index in [1.807, 2.05) is 11.8 Å². The molecule has 90 valence electrons. The SMILES string of the molecule is CSC1CNCC1N(C)C(C)C(C)(C)C. The Kier molecular flexibility index (Phi) is 4.50. The highest BCUT2D eigenvalue weighted by Crippen LogP contribution is 2.28. The smallest absolute Gasteiger partial charge is 0.0351 e. The molecule has 1 rings (SSSR count). The van der Waals surface area contributed by atoms with Crippen molar-refractivity contribution in [1.82, 2.24) is 10.2 Å². The van der Waals surface area contributed by atoms with Crippen LogP contribution in [0.1, 0.15) is 27.7 Å². The van der Waals surface area contributed by atoms with Gasteiger partial charge in [-0.25, -0.2) is 0 Å². The van der Waals surface area contributed by atoms with Gasteiger partial charge in [-0.2, -0.15) is 11.8 Å². The van der Waals surface area contributed by atoms with Crippen molar-refractivity contribution in [1.29, 1.82) is 0 Å². The van der Waals surface area contributed by atoms with E-state index >= 15 is 0 Å². The third-order valence-corrected chi connectivity index (χ3v) is 4.90. The zero-order chi connectivity index (χ0) is 11.6. The lowest BCUT2D eigenvalue weighted by Gasteiger charge is -2.40. The average Bonchev–Trinajstić information content (AvgIpc) is 2.61. The standard InChI is InChI=1S/C12H26N2S/c1-9(12(2,3)4)14(5)10-7-13-8-11(10)15-6/h9-11,13H,7-8H2,1-6H3. The molecule has 1 heterocycles. The van der Waals surface area contributed by atoms with E-state index in [9.17, 15) is 0 Å². The zero-order valence-corrected chi connectivity index (χ0v) is 11.8. The van der Waals surface area contributed by atoms with Crippen LogP contribution in [0.25, 0.3) is 0 Å². The van der Waals surface area contributed by atoms with Gasteiger partial charge in [0.1, 0.15) is 0 Å². The molecule has 0 radical (unpaired) electrons. The Hall–Kier alpha value is 0.270. The van der Waals surface area contributed by atoms with Gasteiger partial charge in [-0.1, -0.05) is 20.8 Å². The summed E-state index contributed by atoms with van der Waals surface area (Å²) in [6.07, 6.45) is 2.22. The van der Waals surface area contributed by atoms with E-state index in [1.165, 1.54) is 0 Å². The third kappa shape index (κ3) is 3.11. The van der Waals surface area contributed by atoms with E-state index in [4.69, 9.17) is 0 Å². The number of hydrogen-bond donors (Lipinski definition) is 1. The molecular weight excluding hydrogens is 204 g/mol. The number of nitrogens with one attached hydrogen (secondary N) is 1. The lowest BCUT2D eigenvalue weighted by Crippen LogP contribution is -2.49. The Morgan fingerprint density at radius 3 is 2.40 bits per heavy atom. The van der Waals surface area contributed by atoms with E-state index in [-0.39, 0.29) is 0 Å². The van der Waals surface area contributed by atoms with Crippen LogP contribution in [-0.2, 0) is 0 Å². The van der Waals surface area contributed by atoms with E-state index in [1.54, 1.807) is 0 Å². The van der Waals surface area contributed by atoms with Crippen LogP contribution in [0.3, 0.4) is 0 Å². The van der Waals surface area contributed by atoms with Crippen molar-refractivity contribution in [2.24, 2.45) is 5.41 Å². The second-order valence-corrected chi connectivity index (χ2v) is 6.78. The van der Waals surface area contributed by atoms with Gasteiger partial charge in [0, 0.05) is 30.4 Å². The Morgan fingerprint density at radius 1 is 1.33 bits per heavy atom. The van der Waals surface area contributed by atoms with Crippen LogP contribution in [0.5, 0.6) is 0 Å². The fourth-order valence-electron chi connectivity index (χ4n) is 2.19. The van der Waals surface area contributed by atoms with Crippen LogP contribution < -0.4 is 5.32 Å². The molecule has 1 fully saturated rings. The molecule has 0 spiro atoms. The molecule has 1 aliphatic rings. The minimum absolute atomic E-state index is 0.361. The average molecular weight is 230 g/mol. The molecule has 3 unspecified atom stereocenters. The molecule has 0 aromatic rings. The molecule has 0 bridgehead atoms. The minimum atomic E-state index is 0.361. The first kappa shape index (κ1) is 13.3. The lowest BCUT2D eigenvalue weighted by molar-refractivity contribution is 0.107. The zero-order valence-electron chi connectivity index (χ0n) is 11.0. The molecule has 3 heteroatoms. The molecule has 3 atom stereocenters. The first-order valence-corrected chi connectivity index (χ1v) is 7.12. The Labute approximate surface area is 99.2 Å². The number of nitrogens with zero attached hydrogens (tertiary/aromatic N) is 1. The van der Waals surface area contributed by atoms with Crippen molar-refractivity contribution in [2.45, 2.75) is 45.0 Å². The summed E-state index contributed by atoms with van der Waals surface area (Å²) in [5.74, 6) is 0. The van der Waals surface area contributed by atoms with Crippen molar-refractivity contribution in [3.05, 3.63) is 0 Å². The van der Waals surface area contributed by atoms with Crippen LogP contribution >= 0.6 is 11.8 Å². The molecule has 0 saturated carbocycles. The maximum Gasteiger partial charge on any atom is 0.0351 e. The molecule has 1 saturated heterocycles. The van der Waals surface area contributed by atoms with Gasteiger partial charge in [-0.3, -0.25) is 4.90 Å². The summed E-state index contributed by atoms with van der Waals surface area (Å²) in [6.45, 7) is 11.6. The molecule has 0 amide bonds. The molecule has 15 heavy (non-hydrogen) atoms. The summed E-state index contributed by atoms with van der Waals surface area (Å²) in [6, 6.07) is 1.31. The summed E-state index contributed by atoms with van der Waals surface area (Å²) in [5.41, 5.74) is 0.361. The normalized spacial score (nSPS) is 29.8. The van der Waals surface area contributed by atoms with Crippen LogP contribution in [0.2, 0.25) is 0 Å². The van der Waals surface area contributed by atoms with Crippen LogP contribution in [-0.4, -0.2) is 48.6 Å². The summed E-state index contributed by atoms with van der Waals surface area (Å²) in [4.78, 5) is 2.56. The first-order valence-electron chi connectivity index (χ1n) is 5.83. The first-order chi connectivity index (χ1) is 6.88. The Balaban J connectivity index is 2.63. The second kappa shape index (κ2) is 5.07. The monoisotopic (exact) mass is 230 g/mol. The van der Waals surface area contributed by atoms with Gasteiger partial charge in [-0.15, -0.1) is 0 Å². The van der Waals surface area contributed by atoms with Gasteiger partial charge in [0.15, 0.2) is 0 Å². The molecular formula is C12H26N2S. The Morgan fingerprint density at radius 2 is 1.93 bits per heavy atom. The lowest BCUT2D eigenvalue weighted by atomic mass is 9.86. The molecule has 0 aromatic carbocycles. The van der Waals surface area contributed by atoms with Gasteiger partial charge < -0.3 is 5.32 Å². The van der Waals surface area contributed by atoms with Crippen molar-refractivity contribution >= 4 is 11.8 Å². The number of thioether (sulfide) groups is 1. The number of rotatable bonds is 3. The topological polar surface area (TPSA) is 15.3 Å². The van der Waals surface area contributed by atoms with E-state index in [0.717, 1.165) is 18.3 Å². The summed E-state index contributed by atoms with van der Waals surface area (Å²) in [5, 5.41) is 4.25. The molecule has 2 nitrogen and oxygen atoms in total. The largest absolute Gasteiger partial charge is 0.314 e. The fourth-order valence-corrected chi connectivity index (χ4v) is 3.07. The summed E-state index contributed by atoms with van der Waals surface area (Å²) in [7, 11) is 2.27. The molecule has 1 aliphatic heterocycles. The molecule has 1 N–H and O–H groups in total. The van der Waals surface area contributed by atoms with Crippen LogP contribution in [0, 0.1) is 5.41 Å². The third-order valence-electron chi connectivity index (χ3n) is 3.82. The predicted octanol–water partition coefficient (Wildman–Crippen LogP) is 2.06. The second-order valence-electron chi connectivity index (χ2n) is 5.71. The summed E-state index contributed by atoms with van der Waals surface area (Å²) < 4.78 is 0.